The minimum atomic E-state index is -0.303. The predicted molar refractivity (Wildman–Crippen MR) is 63.8 cm³/mol. The molecule has 2 fully saturated rings. The van der Waals surface area contributed by atoms with Gasteiger partial charge in [-0.3, -0.25) is 0 Å². The molecule has 112 valence electrons. The normalized spacial score (nSPS) is 38.1. The molecule has 0 aromatic carbocycles. The molecule has 0 N–H and O–H groups in total. The molecule has 0 spiro atoms. The molecular weight excluding hydrogens is 256 g/mol. The Labute approximate surface area is 113 Å². The Hall–Kier alpha value is -0.280. The molecule has 2 aliphatic heterocycles. The smallest absolute Gasteiger partial charge is 0.147 e. The Morgan fingerprint density at radius 1 is 0.842 bits per heavy atom. The van der Waals surface area contributed by atoms with E-state index in [-0.39, 0.29) is 44.1 Å². The minimum Gasteiger partial charge on any atom is -0.376 e. The van der Waals surface area contributed by atoms with Crippen LogP contribution in [0.25, 0.3) is 0 Å². The van der Waals surface area contributed by atoms with Gasteiger partial charge in [0, 0.05) is 21.3 Å². The summed E-state index contributed by atoms with van der Waals surface area (Å²) in [4.78, 5) is 0. The van der Waals surface area contributed by atoms with E-state index in [0.717, 1.165) is 0 Å². The van der Waals surface area contributed by atoms with Crippen LogP contribution >= 0.6 is 0 Å². The van der Waals surface area contributed by atoms with E-state index in [9.17, 15) is 0 Å². The number of rotatable bonds is 5. The molecule has 0 radical (unpaired) electrons. The summed E-state index contributed by atoms with van der Waals surface area (Å²) in [6.45, 7) is 1.40. The molecule has 2 saturated heterocycles. The van der Waals surface area contributed by atoms with Gasteiger partial charge < -0.3 is 33.2 Å². The third-order valence-electron chi connectivity index (χ3n) is 3.51. The van der Waals surface area contributed by atoms with Crippen molar-refractivity contribution in [1.29, 1.82) is 0 Å². The van der Waals surface area contributed by atoms with Gasteiger partial charge in [0.25, 0.3) is 0 Å². The van der Waals surface area contributed by atoms with Crippen LogP contribution in [0.2, 0.25) is 0 Å². The lowest BCUT2D eigenvalue weighted by Crippen LogP contribution is -2.58. The first-order valence-electron chi connectivity index (χ1n) is 6.29. The van der Waals surface area contributed by atoms with Crippen molar-refractivity contribution in [1.82, 2.24) is 0 Å². The summed E-state index contributed by atoms with van der Waals surface area (Å²) in [6.07, 6.45) is -1.21. The van der Waals surface area contributed by atoms with E-state index in [2.05, 4.69) is 0 Å². The first-order valence-corrected chi connectivity index (χ1v) is 6.29. The second kappa shape index (κ2) is 7.49. The lowest BCUT2D eigenvalue weighted by Gasteiger charge is -2.41. The molecule has 2 rings (SSSR count). The van der Waals surface area contributed by atoms with Crippen LogP contribution in [0.1, 0.15) is 0 Å². The molecule has 0 amide bonds. The minimum absolute atomic E-state index is 0.192. The standard InChI is InChI=1S/C12H22O7/c1-13-8-4-16-6-18-10(8)12(15-3)11-9(14-2)5-17-7-19-11/h8-12H,4-7H2,1-3H3. The molecule has 0 aromatic rings. The maximum Gasteiger partial charge on any atom is 0.147 e. The summed E-state index contributed by atoms with van der Waals surface area (Å²) >= 11 is 0. The summed E-state index contributed by atoms with van der Waals surface area (Å²) in [5.41, 5.74) is 0. The highest BCUT2D eigenvalue weighted by atomic mass is 16.7. The van der Waals surface area contributed by atoms with E-state index in [1.807, 2.05) is 0 Å². The van der Waals surface area contributed by atoms with Gasteiger partial charge in [0.05, 0.1) is 13.2 Å². The molecule has 4 atom stereocenters. The van der Waals surface area contributed by atoms with E-state index in [1.54, 1.807) is 21.3 Å². The lowest BCUT2D eigenvalue weighted by molar-refractivity contribution is -0.279. The van der Waals surface area contributed by atoms with Crippen molar-refractivity contribution in [2.45, 2.75) is 30.5 Å². The van der Waals surface area contributed by atoms with E-state index in [4.69, 9.17) is 33.2 Å². The zero-order valence-corrected chi connectivity index (χ0v) is 11.6. The van der Waals surface area contributed by atoms with Crippen LogP contribution in [0.15, 0.2) is 0 Å². The van der Waals surface area contributed by atoms with Crippen LogP contribution in [0.3, 0.4) is 0 Å². The van der Waals surface area contributed by atoms with Gasteiger partial charge in [0.1, 0.15) is 44.1 Å². The van der Waals surface area contributed by atoms with Crippen LogP contribution < -0.4 is 0 Å². The van der Waals surface area contributed by atoms with E-state index in [1.165, 1.54) is 0 Å². The summed E-state index contributed by atoms with van der Waals surface area (Å²) < 4.78 is 38.1. The molecule has 4 unspecified atom stereocenters. The van der Waals surface area contributed by atoms with Gasteiger partial charge >= 0.3 is 0 Å². The van der Waals surface area contributed by atoms with Crippen LogP contribution in [0.5, 0.6) is 0 Å². The largest absolute Gasteiger partial charge is 0.376 e. The average molecular weight is 278 g/mol. The van der Waals surface area contributed by atoms with Gasteiger partial charge in [-0.25, -0.2) is 0 Å². The van der Waals surface area contributed by atoms with Crippen molar-refractivity contribution >= 4 is 0 Å². The molecule has 7 nitrogen and oxygen atoms in total. The zero-order valence-electron chi connectivity index (χ0n) is 11.6. The average Bonchev–Trinajstić information content (AvgIpc) is 2.49. The van der Waals surface area contributed by atoms with E-state index >= 15 is 0 Å². The third kappa shape index (κ3) is 3.43. The first kappa shape index (κ1) is 15.1. The molecule has 7 heteroatoms. The molecule has 2 heterocycles. The highest BCUT2D eigenvalue weighted by Crippen LogP contribution is 2.24. The number of hydrogen-bond donors (Lipinski definition) is 0. The van der Waals surface area contributed by atoms with Crippen molar-refractivity contribution in [3.8, 4) is 0 Å². The second-order valence-electron chi connectivity index (χ2n) is 4.49. The lowest BCUT2D eigenvalue weighted by atomic mass is 9.98. The van der Waals surface area contributed by atoms with Crippen molar-refractivity contribution in [2.75, 3.05) is 48.1 Å². The van der Waals surface area contributed by atoms with Crippen molar-refractivity contribution in [3.05, 3.63) is 0 Å². The number of hydrogen-bond acceptors (Lipinski definition) is 7. The second-order valence-corrected chi connectivity index (χ2v) is 4.49. The molecule has 0 aliphatic carbocycles. The molecule has 0 bridgehead atoms. The van der Waals surface area contributed by atoms with Gasteiger partial charge in [-0.1, -0.05) is 0 Å². The van der Waals surface area contributed by atoms with Gasteiger partial charge in [0.2, 0.25) is 0 Å². The van der Waals surface area contributed by atoms with Gasteiger partial charge in [-0.2, -0.15) is 0 Å². The van der Waals surface area contributed by atoms with Crippen LogP contribution in [0, 0.1) is 0 Å². The maximum absolute atomic E-state index is 5.63. The van der Waals surface area contributed by atoms with E-state index in [0.29, 0.717) is 13.2 Å². The first-order chi connectivity index (χ1) is 9.31. The van der Waals surface area contributed by atoms with Crippen LogP contribution in [-0.4, -0.2) is 78.6 Å². The molecule has 19 heavy (non-hydrogen) atoms. The highest BCUT2D eigenvalue weighted by molar-refractivity contribution is 4.91. The maximum atomic E-state index is 5.63. The van der Waals surface area contributed by atoms with E-state index < -0.39 is 0 Å². The summed E-state index contributed by atoms with van der Waals surface area (Å²) in [7, 11) is 4.88. The monoisotopic (exact) mass is 278 g/mol. The molecule has 0 aromatic heterocycles. The van der Waals surface area contributed by atoms with Crippen molar-refractivity contribution in [2.24, 2.45) is 0 Å². The molecular formula is C12H22O7. The number of ether oxygens (including phenoxy) is 7. The fraction of sp³-hybridized carbons (Fsp3) is 1.00. The van der Waals surface area contributed by atoms with Gasteiger partial charge in [-0.15, -0.1) is 0 Å². The van der Waals surface area contributed by atoms with Crippen LogP contribution in [0.4, 0.5) is 0 Å². The van der Waals surface area contributed by atoms with Gasteiger partial charge in [0.15, 0.2) is 0 Å². The highest BCUT2D eigenvalue weighted by Gasteiger charge is 2.43. The fourth-order valence-corrected chi connectivity index (χ4v) is 2.46. The van der Waals surface area contributed by atoms with Gasteiger partial charge in [-0.05, 0) is 0 Å². The Balaban J connectivity index is 2.07. The Bertz CT molecular complexity index is 238. The SMILES string of the molecule is COC1COCOC1C(OC)C1OCOCC1OC. The summed E-state index contributed by atoms with van der Waals surface area (Å²) in [6, 6.07) is 0. The Kier molecular flexibility index (Phi) is 5.96. The molecule has 2 aliphatic rings. The summed E-state index contributed by atoms with van der Waals surface area (Å²) in [5.74, 6) is 0. The fourth-order valence-electron chi connectivity index (χ4n) is 2.46. The number of methoxy groups -OCH3 is 3. The molecule has 0 saturated carbocycles. The topological polar surface area (TPSA) is 64.6 Å². The van der Waals surface area contributed by atoms with Crippen molar-refractivity contribution < 1.29 is 33.2 Å². The Morgan fingerprint density at radius 2 is 1.32 bits per heavy atom. The zero-order chi connectivity index (χ0) is 13.7. The predicted octanol–water partition coefficient (Wildman–Crippen LogP) is -0.223. The third-order valence-corrected chi connectivity index (χ3v) is 3.51. The van der Waals surface area contributed by atoms with Crippen molar-refractivity contribution in [3.63, 3.8) is 0 Å². The van der Waals surface area contributed by atoms with Crippen LogP contribution in [-0.2, 0) is 33.2 Å². The Morgan fingerprint density at radius 3 is 1.68 bits per heavy atom. The summed E-state index contributed by atoms with van der Waals surface area (Å²) in [5, 5.41) is 0. The quantitative estimate of drug-likeness (QED) is 0.688.